The molecule has 142 valence electrons. The van der Waals surface area contributed by atoms with E-state index < -0.39 is 12.1 Å². The van der Waals surface area contributed by atoms with Crippen LogP contribution in [0.25, 0.3) is 22.0 Å². The molecule has 1 atom stereocenters. The van der Waals surface area contributed by atoms with Crippen LogP contribution in [0, 0.1) is 0 Å². The first kappa shape index (κ1) is 17.3. The van der Waals surface area contributed by atoms with Crippen molar-refractivity contribution in [1.82, 2.24) is 14.8 Å². The van der Waals surface area contributed by atoms with E-state index in [-0.39, 0.29) is 16.8 Å². The van der Waals surface area contributed by atoms with Crippen molar-refractivity contribution in [2.75, 3.05) is 5.32 Å². The molecular formula is C21H14N4O3S. The second kappa shape index (κ2) is 6.68. The molecule has 0 saturated heterocycles. The number of nitrogens with zero attached hydrogens (tertiary/aromatic N) is 3. The van der Waals surface area contributed by atoms with E-state index in [0.29, 0.717) is 5.82 Å². The molecule has 0 bridgehead atoms. The van der Waals surface area contributed by atoms with Crippen molar-refractivity contribution in [3.05, 3.63) is 87.5 Å². The van der Waals surface area contributed by atoms with Crippen LogP contribution >= 0.6 is 11.3 Å². The molecule has 7 nitrogen and oxygen atoms in total. The van der Waals surface area contributed by atoms with Gasteiger partial charge in [-0.05, 0) is 41.3 Å². The number of carbonyl (C=O) groups is 1. The third-order valence-corrected chi connectivity index (χ3v) is 5.64. The van der Waals surface area contributed by atoms with Crippen molar-refractivity contribution in [2.24, 2.45) is 0 Å². The lowest BCUT2D eigenvalue weighted by Crippen LogP contribution is -2.32. The molecule has 8 heteroatoms. The van der Waals surface area contributed by atoms with Crippen LogP contribution in [-0.4, -0.2) is 25.8 Å². The SMILES string of the molecule is O=C(O)c1ccc(C2Nc3ccccc3-c3nc(=O)c(-c4cccs4)nn32)cc1. The molecule has 0 amide bonds. The Balaban J connectivity index is 1.72. The summed E-state index contributed by atoms with van der Waals surface area (Å²) in [5.74, 6) is -0.515. The lowest BCUT2D eigenvalue weighted by Gasteiger charge is -2.30. The number of carboxylic acid groups (broad SMARTS) is 1. The number of carboxylic acids is 1. The molecule has 4 aromatic rings. The molecule has 1 aliphatic heterocycles. The molecule has 3 heterocycles. The summed E-state index contributed by atoms with van der Waals surface area (Å²) < 4.78 is 1.69. The number of nitrogens with one attached hydrogen (secondary N) is 1. The molecule has 0 aliphatic carbocycles. The van der Waals surface area contributed by atoms with Gasteiger partial charge < -0.3 is 10.4 Å². The molecule has 1 aliphatic rings. The molecule has 5 rings (SSSR count). The second-order valence-electron chi connectivity index (χ2n) is 6.53. The molecule has 0 fully saturated rings. The third-order valence-electron chi connectivity index (χ3n) is 4.77. The van der Waals surface area contributed by atoms with Gasteiger partial charge in [-0.2, -0.15) is 10.1 Å². The van der Waals surface area contributed by atoms with Crippen molar-refractivity contribution in [1.29, 1.82) is 0 Å². The van der Waals surface area contributed by atoms with Gasteiger partial charge in [0.2, 0.25) is 0 Å². The summed E-state index contributed by atoms with van der Waals surface area (Å²) in [5, 5.41) is 19.1. The Morgan fingerprint density at radius 2 is 1.86 bits per heavy atom. The fraction of sp³-hybridized carbons (Fsp3) is 0.0476. The highest BCUT2D eigenvalue weighted by Crippen LogP contribution is 2.36. The van der Waals surface area contributed by atoms with Crippen molar-refractivity contribution < 1.29 is 9.90 Å². The number of rotatable bonds is 3. The molecule has 0 spiro atoms. The van der Waals surface area contributed by atoms with E-state index in [2.05, 4.69) is 15.4 Å². The van der Waals surface area contributed by atoms with Gasteiger partial charge in [-0.25, -0.2) is 9.48 Å². The van der Waals surface area contributed by atoms with Gasteiger partial charge in [0.25, 0.3) is 0 Å². The molecule has 2 N–H and O–H groups in total. The van der Waals surface area contributed by atoms with Crippen molar-refractivity contribution >= 4 is 23.0 Å². The summed E-state index contributed by atoms with van der Waals surface area (Å²) in [6.07, 6.45) is -0.436. The van der Waals surface area contributed by atoms with Crippen LogP contribution in [0.4, 0.5) is 5.69 Å². The van der Waals surface area contributed by atoms with Gasteiger partial charge in [-0.3, -0.25) is 4.79 Å². The second-order valence-corrected chi connectivity index (χ2v) is 7.48. The average molecular weight is 402 g/mol. The van der Waals surface area contributed by atoms with Crippen molar-refractivity contribution in [3.63, 3.8) is 0 Å². The van der Waals surface area contributed by atoms with Crippen molar-refractivity contribution in [3.8, 4) is 22.0 Å². The number of hydrogen-bond donors (Lipinski definition) is 2. The Bertz CT molecular complexity index is 1280. The van der Waals surface area contributed by atoms with E-state index in [4.69, 9.17) is 5.11 Å². The largest absolute Gasteiger partial charge is 0.478 e. The summed E-state index contributed by atoms with van der Waals surface area (Å²) in [7, 11) is 0. The lowest BCUT2D eigenvalue weighted by atomic mass is 10.0. The third kappa shape index (κ3) is 2.90. The predicted molar refractivity (Wildman–Crippen MR) is 110 cm³/mol. The lowest BCUT2D eigenvalue weighted by molar-refractivity contribution is 0.0697. The molecule has 2 aromatic carbocycles. The van der Waals surface area contributed by atoms with Gasteiger partial charge in [0, 0.05) is 11.3 Å². The van der Waals surface area contributed by atoms with E-state index in [0.717, 1.165) is 21.7 Å². The molecule has 0 saturated carbocycles. The molecule has 0 radical (unpaired) electrons. The molecule has 29 heavy (non-hydrogen) atoms. The maximum atomic E-state index is 12.7. The Hall–Kier alpha value is -3.78. The summed E-state index contributed by atoms with van der Waals surface area (Å²) in [6.45, 7) is 0. The highest BCUT2D eigenvalue weighted by Gasteiger charge is 2.28. The van der Waals surface area contributed by atoms with Gasteiger partial charge in [-0.1, -0.05) is 30.3 Å². The average Bonchev–Trinajstić information content (AvgIpc) is 3.27. The smallest absolute Gasteiger partial charge is 0.335 e. The minimum Gasteiger partial charge on any atom is -0.478 e. The number of thiophene rings is 1. The number of aromatic carboxylic acids is 1. The number of aromatic nitrogens is 3. The van der Waals surface area contributed by atoms with E-state index in [1.807, 2.05) is 41.8 Å². The summed E-state index contributed by atoms with van der Waals surface area (Å²) >= 11 is 1.43. The van der Waals surface area contributed by atoms with Gasteiger partial charge in [0.1, 0.15) is 6.17 Å². The fourth-order valence-electron chi connectivity index (χ4n) is 3.37. The monoisotopic (exact) mass is 402 g/mol. The highest BCUT2D eigenvalue weighted by atomic mass is 32.1. The number of benzene rings is 2. The van der Waals surface area contributed by atoms with E-state index in [1.54, 1.807) is 28.9 Å². The highest BCUT2D eigenvalue weighted by molar-refractivity contribution is 7.13. The predicted octanol–water partition coefficient (Wildman–Crippen LogP) is 3.70. The number of anilines is 1. The Kier molecular flexibility index (Phi) is 3.99. The first-order chi connectivity index (χ1) is 14.1. The summed E-state index contributed by atoms with van der Waals surface area (Å²) in [5.41, 5.74) is 2.54. The van der Waals surface area contributed by atoms with Crippen LogP contribution < -0.4 is 10.9 Å². The number of hydrogen-bond acceptors (Lipinski definition) is 6. The van der Waals surface area contributed by atoms with Crippen LogP contribution in [-0.2, 0) is 0 Å². The quantitative estimate of drug-likeness (QED) is 0.542. The van der Waals surface area contributed by atoms with E-state index in [9.17, 15) is 9.59 Å². The van der Waals surface area contributed by atoms with Crippen LogP contribution in [0.2, 0.25) is 0 Å². The van der Waals surface area contributed by atoms with Gasteiger partial charge in [0.15, 0.2) is 11.5 Å². The first-order valence-electron chi connectivity index (χ1n) is 8.86. The molecular weight excluding hydrogens is 388 g/mol. The van der Waals surface area contributed by atoms with Gasteiger partial charge in [0.05, 0.1) is 10.4 Å². The molecule has 2 aromatic heterocycles. The zero-order chi connectivity index (χ0) is 20.0. The topological polar surface area (TPSA) is 97.1 Å². The maximum Gasteiger partial charge on any atom is 0.335 e. The Morgan fingerprint density at radius 3 is 2.59 bits per heavy atom. The summed E-state index contributed by atoms with van der Waals surface area (Å²) in [4.78, 5) is 29.0. The number of fused-ring (bicyclic) bond motifs is 3. The minimum atomic E-state index is -0.984. The normalized spacial score (nSPS) is 14.6. The van der Waals surface area contributed by atoms with Crippen LogP contribution in [0.1, 0.15) is 22.1 Å². The number of para-hydroxylation sites is 1. The molecule has 1 unspecified atom stereocenters. The zero-order valence-electron chi connectivity index (χ0n) is 14.9. The fourth-order valence-corrected chi connectivity index (χ4v) is 4.08. The van der Waals surface area contributed by atoms with Crippen LogP contribution in [0.3, 0.4) is 0 Å². The van der Waals surface area contributed by atoms with Crippen LogP contribution in [0.15, 0.2) is 70.8 Å². The maximum absolute atomic E-state index is 12.7. The van der Waals surface area contributed by atoms with Gasteiger partial charge >= 0.3 is 11.5 Å². The minimum absolute atomic E-state index is 0.204. The Morgan fingerprint density at radius 1 is 1.07 bits per heavy atom. The van der Waals surface area contributed by atoms with E-state index in [1.165, 1.54) is 11.3 Å². The first-order valence-corrected chi connectivity index (χ1v) is 9.74. The van der Waals surface area contributed by atoms with Gasteiger partial charge in [-0.15, -0.1) is 11.3 Å². The van der Waals surface area contributed by atoms with Crippen molar-refractivity contribution in [2.45, 2.75) is 6.17 Å². The Labute approximate surface area is 168 Å². The van der Waals surface area contributed by atoms with Crippen LogP contribution in [0.5, 0.6) is 0 Å². The zero-order valence-corrected chi connectivity index (χ0v) is 15.8. The summed E-state index contributed by atoms with van der Waals surface area (Å²) in [6, 6.07) is 17.9. The standard InChI is InChI=1S/C21H14N4O3S/c26-20-17(16-6-3-11-29-16)24-25-18(12-7-9-13(10-8-12)21(27)28)22-15-5-2-1-4-14(15)19(25)23-20/h1-11,18,22H,(H,27,28). The van der Waals surface area contributed by atoms with E-state index >= 15 is 0 Å².